The van der Waals surface area contributed by atoms with Crippen LogP contribution in [0, 0.1) is 0 Å². The standard InChI is InChI=1S/C14H18N4/c1-2-12-13(16-9-8-15)10-17-14(18-12)11-6-4-3-5-7-11/h3-7,10,16H,2,8-9,15H2,1H3. The number of rotatable bonds is 5. The Bertz CT molecular complexity index is 496. The van der Waals surface area contributed by atoms with E-state index >= 15 is 0 Å². The van der Waals surface area contributed by atoms with Gasteiger partial charge in [0.05, 0.1) is 17.6 Å². The van der Waals surface area contributed by atoms with E-state index in [0.717, 1.165) is 35.7 Å². The fourth-order valence-corrected chi connectivity index (χ4v) is 1.77. The lowest BCUT2D eigenvalue weighted by atomic mass is 10.2. The molecule has 3 N–H and O–H groups in total. The molecule has 0 fully saturated rings. The molecule has 94 valence electrons. The molecule has 2 rings (SSSR count). The van der Waals surface area contributed by atoms with E-state index in [4.69, 9.17) is 5.73 Å². The van der Waals surface area contributed by atoms with E-state index in [9.17, 15) is 0 Å². The fourth-order valence-electron chi connectivity index (χ4n) is 1.77. The molecule has 0 aliphatic heterocycles. The van der Waals surface area contributed by atoms with Crippen molar-refractivity contribution in [2.75, 3.05) is 18.4 Å². The number of benzene rings is 1. The third kappa shape index (κ3) is 2.84. The van der Waals surface area contributed by atoms with Gasteiger partial charge in [-0.1, -0.05) is 37.3 Å². The van der Waals surface area contributed by atoms with Crippen LogP contribution in [0.2, 0.25) is 0 Å². The Morgan fingerprint density at radius 2 is 2.00 bits per heavy atom. The maximum Gasteiger partial charge on any atom is 0.159 e. The van der Waals surface area contributed by atoms with E-state index in [0.29, 0.717) is 6.54 Å². The summed E-state index contributed by atoms with van der Waals surface area (Å²) in [6.07, 6.45) is 2.71. The molecule has 0 saturated carbocycles. The lowest BCUT2D eigenvalue weighted by Gasteiger charge is -2.10. The number of aromatic nitrogens is 2. The SMILES string of the molecule is CCc1nc(-c2ccccc2)ncc1NCCN. The molecule has 0 amide bonds. The summed E-state index contributed by atoms with van der Waals surface area (Å²) in [5, 5.41) is 3.24. The van der Waals surface area contributed by atoms with Crippen LogP contribution < -0.4 is 11.1 Å². The van der Waals surface area contributed by atoms with Crippen LogP contribution in [0.25, 0.3) is 11.4 Å². The Kier molecular flexibility index (Phi) is 4.25. The second kappa shape index (κ2) is 6.12. The summed E-state index contributed by atoms with van der Waals surface area (Å²) in [5.74, 6) is 0.769. The molecule has 0 aliphatic carbocycles. The van der Waals surface area contributed by atoms with Gasteiger partial charge in [-0.05, 0) is 6.42 Å². The summed E-state index contributed by atoms with van der Waals surface area (Å²) in [5.41, 5.74) is 8.52. The van der Waals surface area contributed by atoms with Crippen molar-refractivity contribution in [3.63, 3.8) is 0 Å². The van der Waals surface area contributed by atoms with Gasteiger partial charge < -0.3 is 11.1 Å². The molecular weight excluding hydrogens is 224 g/mol. The first kappa shape index (κ1) is 12.5. The van der Waals surface area contributed by atoms with E-state index in [-0.39, 0.29) is 0 Å². The summed E-state index contributed by atoms with van der Waals surface area (Å²) < 4.78 is 0. The molecule has 4 nitrogen and oxygen atoms in total. The molecule has 0 spiro atoms. The van der Waals surface area contributed by atoms with Crippen molar-refractivity contribution in [1.29, 1.82) is 0 Å². The molecule has 1 aromatic carbocycles. The van der Waals surface area contributed by atoms with E-state index in [1.54, 1.807) is 0 Å². The van der Waals surface area contributed by atoms with Gasteiger partial charge in [-0.15, -0.1) is 0 Å². The zero-order valence-electron chi connectivity index (χ0n) is 10.6. The largest absolute Gasteiger partial charge is 0.381 e. The lowest BCUT2D eigenvalue weighted by molar-refractivity contribution is 0.971. The molecule has 0 atom stereocenters. The van der Waals surface area contributed by atoms with Gasteiger partial charge in [0.2, 0.25) is 0 Å². The van der Waals surface area contributed by atoms with Crippen LogP contribution in [0.3, 0.4) is 0 Å². The van der Waals surface area contributed by atoms with Crippen molar-refractivity contribution in [1.82, 2.24) is 9.97 Å². The summed E-state index contributed by atoms with van der Waals surface area (Å²) in [4.78, 5) is 9.00. The fraction of sp³-hybridized carbons (Fsp3) is 0.286. The van der Waals surface area contributed by atoms with Crippen LogP contribution in [0.5, 0.6) is 0 Å². The highest BCUT2D eigenvalue weighted by molar-refractivity contribution is 5.57. The third-order valence-electron chi connectivity index (χ3n) is 2.69. The number of hydrogen-bond acceptors (Lipinski definition) is 4. The van der Waals surface area contributed by atoms with Crippen LogP contribution in [-0.4, -0.2) is 23.1 Å². The molecule has 4 heteroatoms. The Balaban J connectivity index is 2.30. The van der Waals surface area contributed by atoms with Gasteiger partial charge in [0.1, 0.15) is 0 Å². The highest BCUT2D eigenvalue weighted by Crippen LogP contribution is 2.19. The Labute approximate surface area is 107 Å². The average molecular weight is 242 g/mol. The predicted molar refractivity (Wildman–Crippen MR) is 74.4 cm³/mol. The zero-order chi connectivity index (χ0) is 12.8. The van der Waals surface area contributed by atoms with Crippen LogP contribution in [0.4, 0.5) is 5.69 Å². The minimum absolute atomic E-state index is 0.601. The highest BCUT2D eigenvalue weighted by atomic mass is 15.0. The first-order chi connectivity index (χ1) is 8.85. The second-order valence-electron chi connectivity index (χ2n) is 3.99. The van der Waals surface area contributed by atoms with Crippen molar-refractivity contribution in [2.24, 2.45) is 5.73 Å². The predicted octanol–water partition coefficient (Wildman–Crippen LogP) is 2.08. The van der Waals surface area contributed by atoms with E-state index < -0.39 is 0 Å². The van der Waals surface area contributed by atoms with Gasteiger partial charge >= 0.3 is 0 Å². The van der Waals surface area contributed by atoms with Crippen molar-refractivity contribution < 1.29 is 0 Å². The van der Waals surface area contributed by atoms with Crippen molar-refractivity contribution >= 4 is 5.69 Å². The van der Waals surface area contributed by atoms with Crippen LogP contribution >= 0.6 is 0 Å². The van der Waals surface area contributed by atoms with Crippen molar-refractivity contribution in [3.8, 4) is 11.4 Å². The molecule has 1 heterocycles. The minimum atomic E-state index is 0.601. The Morgan fingerprint density at radius 1 is 1.22 bits per heavy atom. The molecule has 2 aromatic rings. The van der Waals surface area contributed by atoms with Gasteiger partial charge in [0.25, 0.3) is 0 Å². The summed E-state index contributed by atoms with van der Waals surface area (Å²) in [6.45, 7) is 3.43. The second-order valence-corrected chi connectivity index (χ2v) is 3.99. The van der Waals surface area contributed by atoms with Crippen LogP contribution in [-0.2, 0) is 6.42 Å². The number of hydrogen-bond donors (Lipinski definition) is 2. The molecule has 0 unspecified atom stereocenters. The lowest BCUT2D eigenvalue weighted by Crippen LogP contribution is -2.15. The summed E-state index contributed by atoms with van der Waals surface area (Å²) >= 11 is 0. The van der Waals surface area contributed by atoms with Gasteiger partial charge in [-0.25, -0.2) is 9.97 Å². The number of nitrogens with one attached hydrogen (secondary N) is 1. The highest BCUT2D eigenvalue weighted by Gasteiger charge is 2.06. The molecule has 1 aromatic heterocycles. The average Bonchev–Trinajstić information content (AvgIpc) is 2.46. The first-order valence-electron chi connectivity index (χ1n) is 6.20. The third-order valence-corrected chi connectivity index (χ3v) is 2.69. The van der Waals surface area contributed by atoms with Crippen molar-refractivity contribution in [3.05, 3.63) is 42.2 Å². The number of nitrogens with zero attached hydrogens (tertiary/aromatic N) is 2. The quantitative estimate of drug-likeness (QED) is 0.842. The van der Waals surface area contributed by atoms with E-state index in [1.165, 1.54) is 0 Å². The Hall–Kier alpha value is -1.94. The van der Waals surface area contributed by atoms with Crippen LogP contribution in [0.15, 0.2) is 36.5 Å². The maximum absolute atomic E-state index is 5.49. The zero-order valence-corrected chi connectivity index (χ0v) is 10.6. The number of aryl methyl sites for hydroxylation is 1. The smallest absolute Gasteiger partial charge is 0.159 e. The molecule has 0 saturated heterocycles. The van der Waals surface area contributed by atoms with Crippen molar-refractivity contribution in [2.45, 2.75) is 13.3 Å². The Morgan fingerprint density at radius 3 is 2.67 bits per heavy atom. The number of nitrogens with two attached hydrogens (primary N) is 1. The first-order valence-corrected chi connectivity index (χ1v) is 6.20. The van der Waals surface area contributed by atoms with E-state index in [1.807, 2.05) is 36.5 Å². The van der Waals surface area contributed by atoms with Gasteiger partial charge in [-0.2, -0.15) is 0 Å². The van der Waals surface area contributed by atoms with Gasteiger partial charge in [0, 0.05) is 18.7 Å². The van der Waals surface area contributed by atoms with E-state index in [2.05, 4.69) is 22.2 Å². The van der Waals surface area contributed by atoms with Gasteiger partial charge in [0.15, 0.2) is 5.82 Å². The molecular formula is C14H18N4. The number of anilines is 1. The monoisotopic (exact) mass is 242 g/mol. The van der Waals surface area contributed by atoms with Gasteiger partial charge in [-0.3, -0.25) is 0 Å². The summed E-state index contributed by atoms with van der Waals surface area (Å²) in [6, 6.07) is 10.0. The maximum atomic E-state index is 5.49. The molecule has 0 radical (unpaired) electrons. The summed E-state index contributed by atoms with van der Waals surface area (Å²) in [7, 11) is 0. The van der Waals surface area contributed by atoms with Crippen LogP contribution in [0.1, 0.15) is 12.6 Å². The molecule has 0 bridgehead atoms. The molecule has 18 heavy (non-hydrogen) atoms. The topological polar surface area (TPSA) is 63.8 Å². The minimum Gasteiger partial charge on any atom is -0.381 e. The molecule has 0 aliphatic rings. The normalized spacial score (nSPS) is 10.3.